The minimum absolute atomic E-state index is 0.251. The van der Waals surface area contributed by atoms with E-state index in [1.165, 1.54) is 0 Å². The van der Waals surface area contributed by atoms with Crippen LogP contribution in [0.15, 0.2) is 42.5 Å². The Kier molecular flexibility index (Phi) is 3.95. The summed E-state index contributed by atoms with van der Waals surface area (Å²) in [7, 11) is 0. The minimum atomic E-state index is -0.251. The van der Waals surface area contributed by atoms with E-state index < -0.39 is 0 Å². The summed E-state index contributed by atoms with van der Waals surface area (Å²) in [6.45, 7) is 2.04. The second-order valence-corrected chi connectivity index (χ2v) is 4.20. The summed E-state index contributed by atoms with van der Waals surface area (Å²) >= 11 is 5.76. The second-order valence-electron chi connectivity index (χ2n) is 3.81. The van der Waals surface area contributed by atoms with Crippen molar-refractivity contribution in [1.82, 2.24) is 4.98 Å². The van der Waals surface area contributed by atoms with E-state index >= 15 is 0 Å². The molecule has 1 amide bonds. The van der Waals surface area contributed by atoms with Crippen molar-refractivity contribution >= 4 is 23.2 Å². The van der Waals surface area contributed by atoms with Crippen molar-refractivity contribution in [2.75, 3.05) is 5.32 Å². The van der Waals surface area contributed by atoms with E-state index in [1.807, 2.05) is 31.2 Å². The molecule has 1 heterocycles. The zero-order valence-corrected chi connectivity index (χ0v) is 10.7. The zero-order valence-electron chi connectivity index (χ0n) is 9.98. The first-order valence-electron chi connectivity index (χ1n) is 5.72. The molecule has 0 saturated heterocycles. The average molecular weight is 261 g/mol. The second kappa shape index (κ2) is 5.65. The molecule has 3 nitrogen and oxygen atoms in total. The summed E-state index contributed by atoms with van der Waals surface area (Å²) in [6.07, 6.45) is 0.861. The van der Waals surface area contributed by atoms with Gasteiger partial charge in [0.05, 0.1) is 0 Å². The molecule has 0 aliphatic heterocycles. The van der Waals surface area contributed by atoms with Gasteiger partial charge in [0.25, 0.3) is 5.91 Å². The number of carbonyl (C=O) groups excluding carboxylic acids is 1. The molecule has 0 radical (unpaired) electrons. The standard InChI is InChI=1S/C14H13ClN2O/c1-2-10-6-3-4-7-11(10)17-14(18)12-8-5-9-13(15)16-12/h3-9H,2H2,1H3,(H,17,18). The van der Waals surface area contributed by atoms with Crippen molar-refractivity contribution in [2.24, 2.45) is 0 Å². The number of nitrogens with one attached hydrogen (secondary N) is 1. The smallest absolute Gasteiger partial charge is 0.274 e. The molecule has 2 rings (SSSR count). The first-order valence-corrected chi connectivity index (χ1v) is 6.10. The Labute approximate surface area is 111 Å². The molecule has 0 atom stereocenters. The van der Waals surface area contributed by atoms with Gasteiger partial charge in [-0.2, -0.15) is 0 Å². The highest BCUT2D eigenvalue weighted by Gasteiger charge is 2.09. The van der Waals surface area contributed by atoms with Crippen LogP contribution in [0, 0.1) is 0 Å². The average Bonchev–Trinajstić information content (AvgIpc) is 2.39. The van der Waals surface area contributed by atoms with Gasteiger partial charge >= 0.3 is 0 Å². The van der Waals surface area contributed by atoms with Crippen LogP contribution < -0.4 is 5.32 Å². The van der Waals surface area contributed by atoms with E-state index in [2.05, 4.69) is 10.3 Å². The first kappa shape index (κ1) is 12.6. The molecular formula is C14H13ClN2O. The number of carbonyl (C=O) groups is 1. The van der Waals surface area contributed by atoms with Gasteiger partial charge in [0, 0.05) is 5.69 Å². The lowest BCUT2D eigenvalue weighted by Gasteiger charge is -2.09. The lowest BCUT2D eigenvalue weighted by atomic mass is 10.1. The van der Waals surface area contributed by atoms with Gasteiger partial charge in [-0.05, 0) is 30.2 Å². The Hall–Kier alpha value is -1.87. The number of para-hydroxylation sites is 1. The van der Waals surface area contributed by atoms with Crippen molar-refractivity contribution in [3.63, 3.8) is 0 Å². The summed E-state index contributed by atoms with van der Waals surface area (Å²) < 4.78 is 0. The molecule has 18 heavy (non-hydrogen) atoms. The Morgan fingerprint density at radius 1 is 1.22 bits per heavy atom. The Bertz CT molecular complexity index is 569. The molecule has 0 fully saturated rings. The van der Waals surface area contributed by atoms with Crippen LogP contribution in [0.4, 0.5) is 5.69 Å². The molecule has 1 aromatic heterocycles. The quantitative estimate of drug-likeness (QED) is 0.858. The Balaban J connectivity index is 2.21. The monoisotopic (exact) mass is 260 g/mol. The van der Waals surface area contributed by atoms with Crippen LogP contribution in [0.5, 0.6) is 0 Å². The van der Waals surface area contributed by atoms with Gasteiger partial charge in [0.15, 0.2) is 0 Å². The third-order valence-corrected chi connectivity index (χ3v) is 2.80. The van der Waals surface area contributed by atoms with Crippen molar-refractivity contribution in [3.8, 4) is 0 Å². The van der Waals surface area contributed by atoms with Gasteiger partial charge in [-0.25, -0.2) is 4.98 Å². The molecule has 0 spiro atoms. The zero-order chi connectivity index (χ0) is 13.0. The molecule has 0 aliphatic carbocycles. The van der Waals surface area contributed by atoms with Crippen molar-refractivity contribution < 1.29 is 4.79 Å². The highest BCUT2D eigenvalue weighted by Crippen LogP contribution is 2.16. The lowest BCUT2D eigenvalue weighted by molar-refractivity contribution is 0.102. The van der Waals surface area contributed by atoms with Crippen LogP contribution >= 0.6 is 11.6 Å². The molecule has 1 aromatic carbocycles. The summed E-state index contributed by atoms with van der Waals surface area (Å²) in [4.78, 5) is 16.0. The summed E-state index contributed by atoms with van der Waals surface area (Å²) in [6, 6.07) is 12.7. The largest absolute Gasteiger partial charge is 0.320 e. The number of hydrogen-bond acceptors (Lipinski definition) is 2. The number of nitrogens with zero attached hydrogens (tertiary/aromatic N) is 1. The SMILES string of the molecule is CCc1ccccc1NC(=O)c1cccc(Cl)n1. The maximum absolute atomic E-state index is 12.0. The molecule has 1 N–H and O–H groups in total. The summed E-state index contributed by atoms with van der Waals surface area (Å²) in [5.74, 6) is -0.251. The van der Waals surface area contributed by atoms with Crippen LogP contribution in [0.2, 0.25) is 5.15 Å². The topological polar surface area (TPSA) is 42.0 Å². The molecular weight excluding hydrogens is 248 g/mol. The number of aryl methyl sites for hydroxylation is 1. The maximum atomic E-state index is 12.0. The Morgan fingerprint density at radius 3 is 2.72 bits per heavy atom. The number of aromatic nitrogens is 1. The number of benzene rings is 1. The van der Waals surface area contributed by atoms with Crippen LogP contribution in [0.25, 0.3) is 0 Å². The molecule has 92 valence electrons. The highest BCUT2D eigenvalue weighted by molar-refractivity contribution is 6.29. The summed E-state index contributed by atoms with van der Waals surface area (Å²) in [5, 5.41) is 3.16. The molecule has 0 bridgehead atoms. The molecule has 0 aliphatic rings. The molecule has 0 saturated carbocycles. The minimum Gasteiger partial charge on any atom is -0.320 e. The third-order valence-electron chi connectivity index (χ3n) is 2.59. The fourth-order valence-corrected chi connectivity index (χ4v) is 1.84. The predicted octanol–water partition coefficient (Wildman–Crippen LogP) is 3.55. The van der Waals surface area contributed by atoms with E-state index in [0.29, 0.717) is 10.8 Å². The van der Waals surface area contributed by atoms with Crippen molar-refractivity contribution in [2.45, 2.75) is 13.3 Å². The fourth-order valence-electron chi connectivity index (χ4n) is 1.67. The van der Waals surface area contributed by atoms with Crippen LogP contribution in [0.1, 0.15) is 23.0 Å². The van der Waals surface area contributed by atoms with Crippen LogP contribution in [-0.4, -0.2) is 10.9 Å². The Morgan fingerprint density at radius 2 is 2.00 bits per heavy atom. The van der Waals surface area contributed by atoms with Gasteiger partial charge in [0.2, 0.25) is 0 Å². The predicted molar refractivity (Wildman–Crippen MR) is 73.0 cm³/mol. The van der Waals surface area contributed by atoms with Crippen LogP contribution in [0.3, 0.4) is 0 Å². The number of halogens is 1. The molecule has 0 unspecified atom stereocenters. The fraction of sp³-hybridized carbons (Fsp3) is 0.143. The van der Waals surface area contributed by atoms with E-state index in [9.17, 15) is 4.79 Å². The normalized spacial score (nSPS) is 10.1. The van der Waals surface area contributed by atoms with E-state index in [-0.39, 0.29) is 5.91 Å². The van der Waals surface area contributed by atoms with Gasteiger partial charge in [-0.1, -0.05) is 42.8 Å². The lowest BCUT2D eigenvalue weighted by Crippen LogP contribution is -2.14. The van der Waals surface area contributed by atoms with Crippen molar-refractivity contribution in [1.29, 1.82) is 0 Å². The van der Waals surface area contributed by atoms with Gasteiger partial charge < -0.3 is 5.32 Å². The number of amides is 1. The molecule has 4 heteroatoms. The maximum Gasteiger partial charge on any atom is 0.274 e. The number of rotatable bonds is 3. The van der Waals surface area contributed by atoms with Gasteiger partial charge in [0.1, 0.15) is 10.8 Å². The highest BCUT2D eigenvalue weighted by atomic mass is 35.5. The number of hydrogen-bond donors (Lipinski definition) is 1. The van der Waals surface area contributed by atoms with E-state index in [1.54, 1.807) is 18.2 Å². The first-order chi connectivity index (χ1) is 8.70. The molecule has 2 aromatic rings. The van der Waals surface area contributed by atoms with E-state index in [0.717, 1.165) is 17.7 Å². The number of pyridine rings is 1. The van der Waals surface area contributed by atoms with Crippen molar-refractivity contribution in [3.05, 3.63) is 58.9 Å². The third kappa shape index (κ3) is 2.87. The summed E-state index contributed by atoms with van der Waals surface area (Å²) in [5.41, 5.74) is 2.22. The van der Waals surface area contributed by atoms with E-state index in [4.69, 9.17) is 11.6 Å². The number of anilines is 1. The van der Waals surface area contributed by atoms with Gasteiger partial charge in [-0.15, -0.1) is 0 Å². The van der Waals surface area contributed by atoms with Gasteiger partial charge in [-0.3, -0.25) is 4.79 Å². The van der Waals surface area contributed by atoms with Crippen LogP contribution in [-0.2, 0) is 6.42 Å².